The second-order valence-electron chi connectivity index (χ2n) is 7.51. The molecule has 0 radical (unpaired) electrons. The molecule has 0 saturated carbocycles. The number of nitrogens with one attached hydrogen (secondary N) is 1. The quantitative estimate of drug-likeness (QED) is 0.648. The molecule has 156 valence electrons. The van der Waals surface area contributed by atoms with E-state index < -0.39 is 29.6 Å². The standard InChI is InChI=1S/C22H18BrF3N2O2/c1-28-17-8-3-2-7-16(17)21(20(28)30)10-9-14(12-29)18(19(27-21)22(24,25)26)13-5-4-6-15(23)11-13/h2-9,11-12,18-19,27H,10H2,1H3/t18-,19-,21+/m1/s1. The van der Waals surface area contributed by atoms with Gasteiger partial charge >= 0.3 is 6.18 Å². The molecule has 2 heterocycles. The maximum atomic E-state index is 14.4. The summed E-state index contributed by atoms with van der Waals surface area (Å²) < 4.78 is 43.7. The third-order valence-electron chi connectivity index (χ3n) is 5.83. The minimum atomic E-state index is -4.71. The molecule has 2 aromatic rings. The first kappa shape index (κ1) is 20.8. The number of anilines is 1. The van der Waals surface area contributed by atoms with Crippen LogP contribution in [0.5, 0.6) is 0 Å². The monoisotopic (exact) mass is 478 g/mol. The van der Waals surface area contributed by atoms with Gasteiger partial charge in [0.1, 0.15) is 17.9 Å². The topological polar surface area (TPSA) is 49.4 Å². The van der Waals surface area contributed by atoms with Gasteiger partial charge in [-0.1, -0.05) is 52.3 Å². The number of para-hydroxylation sites is 1. The number of nitrogens with zero attached hydrogens (tertiary/aromatic N) is 1. The molecule has 1 spiro atoms. The van der Waals surface area contributed by atoms with E-state index in [2.05, 4.69) is 21.2 Å². The maximum absolute atomic E-state index is 14.4. The van der Waals surface area contributed by atoms with E-state index in [1.807, 2.05) is 0 Å². The van der Waals surface area contributed by atoms with Gasteiger partial charge in [-0.25, -0.2) is 0 Å². The zero-order valence-electron chi connectivity index (χ0n) is 15.9. The van der Waals surface area contributed by atoms with Gasteiger partial charge in [0.2, 0.25) is 0 Å². The van der Waals surface area contributed by atoms with Gasteiger partial charge in [-0.2, -0.15) is 13.2 Å². The normalized spacial score (nSPS) is 26.4. The number of fused-ring (bicyclic) bond motifs is 2. The summed E-state index contributed by atoms with van der Waals surface area (Å²) in [6.45, 7) is 0. The van der Waals surface area contributed by atoms with Gasteiger partial charge in [0, 0.05) is 28.7 Å². The van der Waals surface area contributed by atoms with Gasteiger partial charge in [-0.05, 0) is 35.8 Å². The van der Waals surface area contributed by atoms with E-state index in [1.54, 1.807) is 55.6 Å². The maximum Gasteiger partial charge on any atom is 0.404 e. The predicted molar refractivity (Wildman–Crippen MR) is 110 cm³/mol. The van der Waals surface area contributed by atoms with Gasteiger partial charge in [0.25, 0.3) is 5.91 Å². The van der Waals surface area contributed by atoms with Gasteiger partial charge in [-0.15, -0.1) is 0 Å². The number of rotatable bonds is 2. The van der Waals surface area contributed by atoms with Crippen LogP contribution in [0.15, 0.2) is 64.7 Å². The molecular weight excluding hydrogens is 461 g/mol. The number of benzene rings is 2. The van der Waals surface area contributed by atoms with Crippen LogP contribution in [0.3, 0.4) is 0 Å². The van der Waals surface area contributed by atoms with Crippen LogP contribution in [0, 0.1) is 0 Å². The Balaban J connectivity index is 1.93. The largest absolute Gasteiger partial charge is 0.404 e. The highest BCUT2D eigenvalue weighted by atomic mass is 79.9. The van der Waals surface area contributed by atoms with E-state index in [0.29, 0.717) is 27.6 Å². The van der Waals surface area contributed by atoms with Crippen molar-refractivity contribution < 1.29 is 22.8 Å². The lowest BCUT2D eigenvalue weighted by Gasteiger charge is -2.36. The van der Waals surface area contributed by atoms with Crippen LogP contribution in [0.4, 0.5) is 18.9 Å². The van der Waals surface area contributed by atoms with Crippen molar-refractivity contribution in [3.63, 3.8) is 0 Å². The molecule has 4 nitrogen and oxygen atoms in total. The summed E-state index contributed by atoms with van der Waals surface area (Å²) in [5.41, 5.74) is -0.233. The fourth-order valence-corrected chi connectivity index (χ4v) is 4.87. The first-order valence-corrected chi connectivity index (χ1v) is 10.1. The lowest BCUT2D eigenvalue weighted by atomic mass is 9.84. The number of likely N-dealkylation sites (N-methyl/N-ethyl adjacent to an activating group) is 1. The molecular formula is C22H18BrF3N2O2. The fraction of sp³-hybridized carbons (Fsp3) is 0.273. The van der Waals surface area contributed by atoms with Crippen LogP contribution in [0.25, 0.3) is 0 Å². The van der Waals surface area contributed by atoms with Gasteiger partial charge in [-0.3, -0.25) is 14.9 Å². The van der Waals surface area contributed by atoms with Crippen molar-refractivity contribution in [2.45, 2.75) is 30.1 Å². The lowest BCUT2D eigenvalue weighted by molar-refractivity contribution is -0.165. The number of amides is 1. The zero-order chi connectivity index (χ0) is 21.7. The smallest absolute Gasteiger partial charge is 0.313 e. The van der Waals surface area contributed by atoms with Crippen LogP contribution in [-0.2, 0) is 15.1 Å². The summed E-state index contributed by atoms with van der Waals surface area (Å²) in [5, 5.41) is 2.66. The fourth-order valence-electron chi connectivity index (χ4n) is 4.45. The average Bonchev–Trinajstić information content (AvgIpc) is 2.84. The summed E-state index contributed by atoms with van der Waals surface area (Å²) in [5.74, 6) is -1.76. The SMILES string of the molecule is CN1C(=O)[C@]2(CC=C(C=O)[C@@H](c3cccc(Br)c3)[C@H](C(F)(F)F)N2)c2ccccc21. The van der Waals surface area contributed by atoms with Crippen LogP contribution in [0.1, 0.15) is 23.5 Å². The van der Waals surface area contributed by atoms with Crippen molar-refractivity contribution in [1.82, 2.24) is 5.32 Å². The summed E-state index contributed by atoms with van der Waals surface area (Å²) in [6, 6.07) is 11.1. The molecule has 4 rings (SSSR count). The van der Waals surface area contributed by atoms with E-state index >= 15 is 0 Å². The number of aldehydes is 1. The first-order chi connectivity index (χ1) is 14.2. The minimum Gasteiger partial charge on any atom is -0.313 e. The van der Waals surface area contributed by atoms with Crippen molar-refractivity contribution in [3.8, 4) is 0 Å². The Kier molecular flexibility index (Phi) is 5.10. The van der Waals surface area contributed by atoms with Crippen molar-refractivity contribution >= 4 is 33.8 Å². The summed E-state index contributed by atoms with van der Waals surface area (Å²) in [7, 11) is 1.54. The first-order valence-electron chi connectivity index (χ1n) is 9.32. The van der Waals surface area contributed by atoms with E-state index in [1.165, 1.54) is 11.0 Å². The van der Waals surface area contributed by atoms with Crippen molar-refractivity contribution in [1.29, 1.82) is 0 Å². The Morgan fingerprint density at radius 1 is 1.20 bits per heavy atom. The van der Waals surface area contributed by atoms with Crippen molar-refractivity contribution in [3.05, 3.63) is 75.8 Å². The molecule has 1 N–H and O–H groups in total. The molecule has 30 heavy (non-hydrogen) atoms. The van der Waals surface area contributed by atoms with Crippen molar-refractivity contribution in [2.75, 3.05) is 11.9 Å². The third kappa shape index (κ3) is 3.18. The molecule has 0 bridgehead atoms. The van der Waals surface area contributed by atoms with Gasteiger partial charge < -0.3 is 4.90 Å². The highest BCUT2D eigenvalue weighted by molar-refractivity contribution is 9.10. The molecule has 3 atom stereocenters. The Bertz CT molecular complexity index is 1050. The predicted octanol–water partition coefficient (Wildman–Crippen LogP) is 4.45. The number of carbonyl (C=O) groups is 2. The number of halogens is 4. The molecule has 0 aliphatic carbocycles. The Morgan fingerprint density at radius 2 is 1.93 bits per heavy atom. The lowest BCUT2D eigenvalue weighted by Crippen LogP contribution is -2.58. The minimum absolute atomic E-state index is 0.000339. The summed E-state index contributed by atoms with van der Waals surface area (Å²) in [4.78, 5) is 26.5. The highest BCUT2D eigenvalue weighted by Gasteiger charge is 2.57. The van der Waals surface area contributed by atoms with Gasteiger partial charge in [0.15, 0.2) is 0 Å². The number of hydrogen-bond donors (Lipinski definition) is 1. The molecule has 0 saturated heterocycles. The van der Waals surface area contributed by atoms with Crippen molar-refractivity contribution in [2.24, 2.45) is 0 Å². The Morgan fingerprint density at radius 3 is 2.60 bits per heavy atom. The van der Waals surface area contributed by atoms with Crippen LogP contribution in [0.2, 0.25) is 0 Å². The van der Waals surface area contributed by atoms with Gasteiger partial charge in [0.05, 0.1) is 0 Å². The van der Waals surface area contributed by atoms with E-state index in [0.717, 1.165) is 0 Å². The summed E-state index contributed by atoms with van der Waals surface area (Å²) in [6.07, 6.45) is -2.84. The van der Waals surface area contributed by atoms with Crippen LogP contribution < -0.4 is 10.2 Å². The second kappa shape index (κ2) is 7.35. The third-order valence-corrected chi connectivity index (χ3v) is 6.32. The Hall–Kier alpha value is -2.45. The van der Waals surface area contributed by atoms with E-state index in [4.69, 9.17) is 0 Å². The number of alkyl halides is 3. The second-order valence-corrected chi connectivity index (χ2v) is 8.42. The van der Waals surface area contributed by atoms with Crippen LogP contribution >= 0.6 is 15.9 Å². The molecule has 1 amide bonds. The Labute approximate surface area is 179 Å². The molecule has 0 aromatic heterocycles. The zero-order valence-corrected chi connectivity index (χ0v) is 17.5. The molecule has 0 fully saturated rings. The molecule has 8 heteroatoms. The average molecular weight is 479 g/mol. The number of hydrogen-bond acceptors (Lipinski definition) is 3. The molecule has 2 aromatic carbocycles. The highest BCUT2D eigenvalue weighted by Crippen LogP contribution is 2.48. The summed E-state index contributed by atoms with van der Waals surface area (Å²) >= 11 is 3.29. The molecule has 2 aliphatic rings. The van der Waals surface area contributed by atoms with Crippen LogP contribution in [-0.4, -0.2) is 31.5 Å². The van der Waals surface area contributed by atoms with E-state index in [-0.39, 0.29) is 12.0 Å². The number of carbonyl (C=O) groups excluding carboxylic acids is 2. The van der Waals surface area contributed by atoms with E-state index in [9.17, 15) is 22.8 Å². The molecule has 2 aliphatic heterocycles. The molecule has 0 unspecified atom stereocenters.